The van der Waals surface area contributed by atoms with Gasteiger partial charge < -0.3 is 4.74 Å². The molecular formula is C8H13NO2. The van der Waals surface area contributed by atoms with Crippen LogP contribution in [0.2, 0.25) is 0 Å². The Morgan fingerprint density at radius 1 is 1.55 bits per heavy atom. The average Bonchev–Trinajstić information content (AvgIpc) is 1.85. The molecule has 62 valence electrons. The smallest absolute Gasteiger partial charge is 0.312 e. The van der Waals surface area contributed by atoms with Gasteiger partial charge in [0.2, 0.25) is 0 Å². The lowest BCUT2D eigenvalue weighted by Gasteiger charge is -2.17. The molecule has 0 saturated heterocycles. The normalized spacial score (nSPS) is 13.4. The third kappa shape index (κ3) is 3.61. The first-order valence-electron chi connectivity index (χ1n) is 3.48. The van der Waals surface area contributed by atoms with Crippen LogP contribution in [0.5, 0.6) is 0 Å². The van der Waals surface area contributed by atoms with Crippen molar-refractivity contribution in [3.05, 3.63) is 0 Å². The van der Waals surface area contributed by atoms with Gasteiger partial charge in [0.25, 0.3) is 0 Å². The van der Waals surface area contributed by atoms with Crippen LogP contribution in [-0.2, 0) is 9.53 Å². The van der Waals surface area contributed by atoms with Crippen molar-refractivity contribution in [2.45, 2.75) is 33.8 Å². The SMILES string of the molecule is CC(C#N)OC(=O)C(C)(C)C. The largest absolute Gasteiger partial charge is 0.447 e. The van der Waals surface area contributed by atoms with Gasteiger partial charge in [-0.2, -0.15) is 5.26 Å². The highest BCUT2D eigenvalue weighted by molar-refractivity contribution is 5.75. The van der Waals surface area contributed by atoms with Crippen LogP contribution in [0, 0.1) is 16.7 Å². The maximum atomic E-state index is 11.1. The Labute approximate surface area is 67.0 Å². The van der Waals surface area contributed by atoms with Crippen molar-refractivity contribution in [3.63, 3.8) is 0 Å². The number of rotatable bonds is 1. The number of nitrogens with zero attached hydrogens (tertiary/aromatic N) is 1. The van der Waals surface area contributed by atoms with Gasteiger partial charge in [-0.15, -0.1) is 0 Å². The van der Waals surface area contributed by atoms with Crippen LogP contribution >= 0.6 is 0 Å². The zero-order valence-electron chi connectivity index (χ0n) is 7.34. The zero-order chi connectivity index (χ0) is 9.07. The van der Waals surface area contributed by atoms with E-state index in [1.807, 2.05) is 6.07 Å². The van der Waals surface area contributed by atoms with E-state index in [2.05, 4.69) is 0 Å². The van der Waals surface area contributed by atoms with Crippen LogP contribution in [0.15, 0.2) is 0 Å². The molecule has 0 bridgehead atoms. The molecule has 0 aromatic carbocycles. The lowest BCUT2D eigenvalue weighted by Crippen LogP contribution is -2.26. The third-order valence-corrected chi connectivity index (χ3v) is 1.08. The molecule has 0 spiro atoms. The number of nitriles is 1. The monoisotopic (exact) mass is 155 g/mol. The van der Waals surface area contributed by atoms with E-state index < -0.39 is 11.5 Å². The molecule has 0 aliphatic heterocycles. The average molecular weight is 155 g/mol. The lowest BCUT2D eigenvalue weighted by atomic mass is 9.97. The Balaban J connectivity index is 4.01. The Bertz CT molecular complexity index is 185. The summed E-state index contributed by atoms with van der Waals surface area (Å²) >= 11 is 0. The van der Waals surface area contributed by atoms with E-state index in [1.54, 1.807) is 27.7 Å². The lowest BCUT2D eigenvalue weighted by molar-refractivity contribution is -0.155. The van der Waals surface area contributed by atoms with Crippen molar-refractivity contribution in [1.82, 2.24) is 0 Å². The summed E-state index contributed by atoms with van der Waals surface area (Å²) < 4.78 is 4.76. The van der Waals surface area contributed by atoms with Crippen molar-refractivity contribution in [1.29, 1.82) is 5.26 Å². The first-order chi connectivity index (χ1) is 4.88. The molecule has 0 saturated carbocycles. The molecule has 1 unspecified atom stereocenters. The molecule has 0 aromatic rings. The molecule has 3 heteroatoms. The number of carbonyl (C=O) groups excluding carboxylic acids is 1. The number of ether oxygens (including phenoxy) is 1. The molecule has 0 aliphatic carbocycles. The molecule has 11 heavy (non-hydrogen) atoms. The minimum absolute atomic E-state index is 0.341. The van der Waals surface area contributed by atoms with E-state index in [-0.39, 0.29) is 5.97 Å². The van der Waals surface area contributed by atoms with Crippen molar-refractivity contribution >= 4 is 5.97 Å². The molecular weight excluding hydrogens is 142 g/mol. The fourth-order valence-electron chi connectivity index (χ4n) is 0.364. The van der Waals surface area contributed by atoms with E-state index in [1.165, 1.54) is 0 Å². The van der Waals surface area contributed by atoms with Gasteiger partial charge in [0.1, 0.15) is 6.07 Å². The molecule has 0 fully saturated rings. The number of esters is 1. The number of carbonyl (C=O) groups is 1. The van der Waals surface area contributed by atoms with Crippen LogP contribution in [0.1, 0.15) is 27.7 Å². The molecule has 3 nitrogen and oxygen atoms in total. The minimum Gasteiger partial charge on any atom is -0.447 e. The Morgan fingerprint density at radius 3 is 2.27 bits per heavy atom. The van der Waals surface area contributed by atoms with Gasteiger partial charge in [-0.05, 0) is 27.7 Å². The standard InChI is InChI=1S/C8H13NO2/c1-6(5-9)11-7(10)8(2,3)4/h6H,1-4H3. The van der Waals surface area contributed by atoms with Gasteiger partial charge in [0.15, 0.2) is 6.10 Å². The Morgan fingerprint density at radius 2 is 2.00 bits per heavy atom. The predicted molar refractivity (Wildman–Crippen MR) is 40.6 cm³/mol. The molecule has 0 heterocycles. The Kier molecular flexibility index (Phi) is 3.06. The summed E-state index contributed by atoms with van der Waals surface area (Å²) in [6.45, 7) is 6.79. The summed E-state index contributed by atoms with van der Waals surface area (Å²) in [5, 5.41) is 8.32. The highest BCUT2D eigenvalue weighted by Crippen LogP contribution is 2.15. The molecule has 0 radical (unpaired) electrons. The molecule has 0 N–H and O–H groups in total. The topological polar surface area (TPSA) is 50.1 Å². The number of hydrogen-bond acceptors (Lipinski definition) is 3. The fourth-order valence-corrected chi connectivity index (χ4v) is 0.364. The fraction of sp³-hybridized carbons (Fsp3) is 0.750. The highest BCUT2D eigenvalue weighted by Gasteiger charge is 2.24. The van der Waals surface area contributed by atoms with Gasteiger partial charge in [-0.3, -0.25) is 4.79 Å². The maximum absolute atomic E-state index is 11.1. The summed E-state index contributed by atoms with van der Waals surface area (Å²) in [6, 6.07) is 1.82. The first-order valence-corrected chi connectivity index (χ1v) is 3.48. The summed E-state index contributed by atoms with van der Waals surface area (Å²) in [5.74, 6) is -0.341. The van der Waals surface area contributed by atoms with E-state index >= 15 is 0 Å². The minimum atomic E-state index is -0.651. The van der Waals surface area contributed by atoms with Crippen molar-refractivity contribution in [2.24, 2.45) is 5.41 Å². The third-order valence-electron chi connectivity index (χ3n) is 1.08. The van der Waals surface area contributed by atoms with Crippen LogP contribution in [0.25, 0.3) is 0 Å². The van der Waals surface area contributed by atoms with E-state index in [9.17, 15) is 4.79 Å². The van der Waals surface area contributed by atoms with Gasteiger partial charge >= 0.3 is 5.97 Å². The molecule has 0 aromatic heterocycles. The van der Waals surface area contributed by atoms with Crippen molar-refractivity contribution in [3.8, 4) is 6.07 Å². The van der Waals surface area contributed by atoms with Crippen LogP contribution in [-0.4, -0.2) is 12.1 Å². The second-order valence-corrected chi connectivity index (χ2v) is 3.43. The second kappa shape index (κ2) is 3.38. The van der Waals surface area contributed by atoms with Gasteiger partial charge in [0.05, 0.1) is 5.41 Å². The quantitative estimate of drug-likeness (QED) is 0.539. The predicted octanol–water partition coefficient (Wildman–Crippen LogP) is 1.49. The van der Waals surface area contributed by atoms with Crippen LogP contribution < -0.4 is 0 Å². The Hall–Kier alpha value is -1.04. The van der Waals surface area contributed by atoms with Gasteiger partial charge in [0, 0.05) is 0 Å². The summed E-state index contributed by atoms with van der Waals surface area (Å²) in [4.78, 5) is 11.1. The van der Waals surface area contributed by atoms with Crippen LogP contribution in [0.4, 0.5) is 0 Å². The molecule has 0 aliphatic rings. The van der Waals surface area contributed by atoms with Crippen molar-refractivity contribution < 1.29 is 9.53 Å². The van der Waals surface area contributed by atoms with Gasteiger partial charge in [-0.1, -0.05) is 0 Å². The summed E-state index contributed by atoms with van der Waals surface area (Å²) in [7, 11) is 0. The van der Waals surface area contributed by atoms with E-state index in [0.717, 1.165) is 0 Å². The molecule has 0 rings (SSSR count). The van der Waals surface area contributed by atoms with Crippen molar-refractivity contribution in [2.75, 3.05) is 0 Å². The van der Waals surface area contributed by atoms with Crippen LogP contribution in [0.3, 0.4) is 0 Å². The molecule has 1 atom stereocenters. The zero-order valence-corrected chi connectivity index (χ0v) is 7.34. The number of hydrogen-bond donors (Lipinski definition) is 0. The molecule has 0 amide bonds. The maximum Gasteiger partial charge on any atom is 0.312 e. The summed E-state index contributed by atoms with van der Waals surface area (Å²) in [5.41, 5.74) is -0.523. The first kappa shape index (κ1) is 9.96. The highest BCUT2D eigenvalue weighted by atomic mass is 16.5. The summed E-state index contributed by atoms with van der Waals surface area (Å²) in [6.07, 6.45) is -0.651. The van der Waals surface area contributed by atoms with Gasteiger partial charge in [-0.25, -0.2) is 0 Å². The van der Waals surface area contributed by atoms with E-state index in [0.29, 0.717) is 0 Å². The van der Waals surface area contributed by atoms with E-state index in [4.69, 9.17) is 10.00 Å². The second-order valence-electron chi connectivity index (χ2n) is 3.43.